The van der Waals surface area contributed by atoms with E-state index >= 15 is 0 Å². The van der Waals surface area contributed by atoms with E-state index in [1.807, 2.05) is 31.2 Å². The molecule has 1 aliphatic rings. The number of aryl methyl sites for hydroxylation is 1. The molecule has 4 rings (SSSR count). The van der Waals surface area contributed by atoms with Gasteiger partial charge in [-0.1, -0.05) is 48.1 Å². The number of rotatable bonds is 7. The Morgan fingerprint density at radius 3 is 2.74 bits per heavy atom. The van der Waals surface area contributed by atoms with E-state index < -0.39 is 0 Å². The van der Waals surface area contributed by atoms with Gasteiger partial charge in [-0.2, -0.15) is 0 Å². The Morgan fingerprint density at radius 1 is 1.23 bits per heavy atom. The number of carbonyl (C=O) groups is 1. The van der Waals surface area contributed by atoms with Gasteiger partial charge >= 0.3 is 0 Å². The molecule has 1 aliphatic heterocycles. The van der Waals surface area contributed by atoms with Crippen molar-refractivity contribution in [3.63, 3.8) is 0 Å². The molecule has 8 heteroatoms. The van der Waals surface area contributed by atoms with E-state index in [4.69, 9.17) is 14.7 Å². The largest absolute Gasteiger partial charge is 0.370 e. The topological polar surface area (TPSA) is 64.1 Å². The Balaban J connectivity index is 1.60. The third-order valence-corrected chi connectivity index (χ3v) is 8.12. The zero-order valence-corrected chi connectivity index (χ0v) is 20.7. The van der Waals surface area contributed by atoms with E-state index in [1.54, 1.807) is 23.1 Å². The first-order chi connectivity index (χ1) is 14.8. The predicted molar refractivity (Wildman–Crippen MR) is 132 cm³/mol. The third kappa shape index (κ3) is 5.42. The molecule has 164 valence electrons. The summed E-state index contributed by atoms with van der Waals surface area (Å²) in [5.41, 5.74) is 3.06. The molecule has 0 saturated carbocycles. The lowest BCUT2D eigenvalue weighted by atomic mass is 9.95. The highest BCUT2D eigenvalue weighted by Gasteiger charge is 2.31. The van der Waals surface area contributed by atoms with Gasteiger partial charge in [-0.3, -0.25) is 4.79 Å². The van der Waals surface area contributed by atoms with Crippen molar-refractivity contribution < 1.29 is 9.53 Å². The smallest absolute Gasteiger partial charge is 0.234 e. The molecule has 0 aliphatic carbocycles. The highest BCUT2D eigenvalue weighted by molar-refractivity contribution is 8.00. The Labute approximate surface area is 195 Å². The van der Waals surface area contributed by atoms with E-state index in [9.17, 15) is 4.79 Å². The lowest BCUT2D eigenvalue weighted by Crippen LogP contribution is -2.31. The summed E-state index contributed by atoms with van der Waals surface area (Å²) >= 11 is 4.86. The molecule has 2 aromatic heterocycles. The van der Waals surface area contributed by atoms with Crippen molar-refractivity contribution in [3.05, 3.63) is 40.3 Å². The maximum absolute atomic E-state index is 12.6. The number of thioether (sulfide) groups is 2. The average Bonchev–Trinajstić information content (AvgIpc) is 3.09. The van der Waals surface area contributed by atoms with Crippen LogP contribution in [-0.2, 0) is 22.6 Å². The summed E-state index contributed by atoms with van der Waals surface area (Å²) in [6, 6.07) is 7.85. The fourth-order valence-corrected chi connectivity index (χ4v) is 6.26. The molecule has 1 aromatic carbocycles. The van der Waals surface area contributed by atoms with E-state index in [0.29, 0.717) is 12.4 Å². The normalized spacial score (nSPS) is 15.1. The monoisotopic (exact) mass is 473 g/mol. The molecule has 0 spiro atoms. The summed E-state index contributed by atoms with van der Waals surface area (Å²) in [5.74, 6) is 1.25. The van der Waals surface area contributed by atoms with Crippen LogP contribution in [0.25, 0.3) is 10.2 Å². The van der Waals surface area contributed by atoms with Crippen molar-refractivity contribution in [1.82, 2.24) is 9.97 Å². The highest BCUT2D eigenvalue weighted by Crippen LogP contribution is 2.42. The van der Waals surface area contributed by atoms with Gasteiger partial charge in [-0.15, -0.1) is 11.3 Å². The number of benzene rings is 1. The molecular formula is C23H27N3O2S3. The Hall–Kier alpha value is -1.61. The Morgan fingerprint density at radius 2 is 2.00 bits per heavy atom. The average molecular weight is 474 g/mol. The molecule has 1 N–H and O–H groups in total. The van der Waals surface area contributed by atoms with Gasteiger partial charge in [0.05, 0.1) is 18.0 Å². The fourth-order valence-electron chi connectivity index (χ4n) is 3.42. The molecular weight excluding hydrogens is 446 g/mol. The number of nitrogens with zero attached hydrogens (tertiary/aromatic N) is 2. The van der Waals surface area contributed by atoms with Crippen molar-refractivity contribution in [2.45, 2.75) is 62.9 Å². The maximum atomic E-state index is 12.6. The molecule has 3 heterocycles. The molecule has 5 nitrogen and oxygen atoms in total. The van der Waals surface area contributed by atoms with Gasteiger partial charge in [-0.25, -0.2) is 9.97 Å². The van der Waals surface area contributed by atoms with Gasteiger partial charge in [0.2, 0.25) is 5.91 Å². The van der Waals surface area contributed by atoms with E-state index in [-0.39, 0.29) is 11.5 Å². The van der Waals surface area contributed by atoms with Crippen LogP contribution in [0.15, 0.2) is 34.4 Å². The molecule has 0 atom stereocenters. The number of hydrogen-bond donors (Lipinski definition) is 1. The van der Waals surface area contributed by atoms with E-state index in [0.717, 1.165) is 44.7 Å². The molecule has 31 heavy (non-hydrogen) atoms. The first-order valence-electron chi connectivity index (χ1n) is 10.4. The standard InChI is InChI=1S/C23H27N3O2S3/c1-5-10-29-22-25-20(30-13-18(27)24-15-8-6-14(2)7-9-15)19-16-11-23(3,4)28-12-17(16)31-21(19)26-22/h6-9H,5,10-13H2,1-4H3,(H,24,27). The number of ether oxygens (including phenoxy) is 1. The van der Waals surface area contributed by atoms with Crippen LogP contribution in [0.4, 0.5) is 5.69 Å². The first kappa shape index (κ1) is 22.6. The number of fused-ring (bicyclic) bond motifs is 3. The van der Waals surface area contributed by atoms with Gasteiger partial charge in [0, 0.05) is 28.1 Å². The zero-order valence-electron chi connectivity index (χ0n) is 18.3. The second-order valence-corrected chi connectivity index (χ2v) is 11.4. The number of amides is 1. The Kier molecular flexibility index (Phi) is 6.91. The molecule has 0 saturated heterocycles. The number of thiophene rings is 1. The van der Waals surface area contributed by atoms with Crippen molar-refractivity contribution >= 4 is 56.7 Å². The number of aromatic nitrogens is 2. The summed E-state index contributed by atoms with van der Waals surface area (Å²) in [5, 5.41) is 5.77. The van der Waals surface area contributed by atoms with Crippen LogP contribution in [0, 0.1) is 6.92 Å². The van der Waals surface area contributed by atoms with Gasteiger partial charge < -0.3 is 10.1 Å². The van der Waals surface area contributed by atoms with Crippen LogP contribution >= 0.6 is 34.9 Å². The maximum Gasteiger partial charge on any atom is 0.234 e. The number of carbonyl (C=O) groups excluding carboxylic acids is 1. The zero-order chi connectivity index (χ0) is 22.0. The molecule has 3 aromatic rings. The molecule has 0 radical (unpaired) electrons. The number of nitrogens with one attached hydrogen (secondary N) is 1. The number of anilines is 1. The number of hydrogen-bond acceptors (Lipinski definition) is 7. The minimum atomic E-state index is -0.207. The Bertz CT molecular complexity index is 1090. The van der Waals surface area contributed by atoms with Crippen molar-refractivity contribution in [3.8, 4) is 0 Å². The van der Waals surface area contributed by atoms with E-state index in [1.165, 1.54) is 27.8 Å². The van der Waals surface area contributed by atoms with E-state index in [2.05, 4.69) is 26.1 Å². The predicted octanol–water partition coefficient (Wildman–Crippen LogP) is 6.08. The second kappa shape index (κ2) is 9.48. The highest BCUT2D eigenvalue weighted by atomic mass is 32.2. The van der Waals surface area contributed by atoms with Crippen LogP contribution in [0.3, 0.4) is 0 Å². The van der Waals surface area contributed by atoms with Gasteiger partial charge in [0.15, 0.2) is 5.16 Å². The van der Waals surface area contributed by atoms with Crippen molar-refractivity contribution in [1.29, 1.82) is 0 Å². The quantitative estimate of drug-likeness (QED) is 0.255. The second-order valence-electron chi connectivity index (χ2n) is 8.27. The van der Waals surface area contributed by atoms with Crippen LogP contribution < -0.4 is 5.32 Å². The molecule has 0 fully saturated rings. The van der Waals surface area contributed by atoms with Gasteiger partial charge in [-0.05, 0) is 44.9 Å². The minimum absolute atomic E-state index is 0.0314. The first-order valence-corrected chi connectivity index (χ1v) is 13.2. The van der Waals surface area contributed by atoms with Gasteiger partial charge in [0.1, 0.15) is 9.86 Å². The van der Waals surface area contributed by atoms with Crippen molar-refractivity contribution in [2.75, 3.05) is 16.8 Å². The minimum Gasteiger partial charge on any atom is -0.370 e. The fraction of sp³-hybridized carbons (Fsp3) is 0.435. The van der Waals surface area contributed by atoms with Crippen LogP contribution in [0.1, 0.15) is 43.2 Å². The van der Waals surface area contributed by atoms with Crippen LogP contribution in [0.5, 0.6) is 0 Å². The summed E-state index contributed by atoms with van der Waals surface area (Å²) in [6.45, 7) is 9.03. The summed E-state index contributed by atoms with van der Waals surface area (Å²) in [6.07, 6.45) is 1.90. The van der Waals surface area contributed by atoms with Gasteiger partial charge in [0.25, 0.3) is 0 Å². The molecule has 1 amide bonds. The van der Waals surface area contributed by atoms with Crippen LogP contribution in [0.2, 0.25) is 0 Å². The molecule has 0 unspecified atom stereocenters. The third-order valence-electron chi connectivity index (χ3n) is 4.99. The lowest BCUT2D eigenvalue weighted by Gasteiger charge is -2.30. The van der Waals surface area contributed by atoms with Crippen molar-refractivity contribution in [2.24, 2.45) is 0 Å². The van der Waals surface area contributed by atoms with Crippen LogP contribution in [-0.4, -0.2) is 33.0 Å². The summed E-state index contributed by atoms with van der Waals surface area (Å²) in [7, 11) is 0. The summed E-state index contributed by atoms with van der Waals surface area (Å²) < 4.78 is 6.02. The lowest BCUT2D eigenvalue weighted by molar-refractivity contribution is -0.113. The molecule has 0 bridgehead atoms. The summed E-state index contributed by atoms with van der Waals surface area (Å²) in [4.78, 5) is 24.5. The SMILES string of the molecule is CCCSc1nc(SCC(=O)Nc2ccc(C)cc2)c2c3c(sc2n1)COC(C)(C)C3.